The summed E-state index contributed by atoms with van der Waals surface area (Å²) in [6.45, 7) is 11.2. The Morgan fingerprint density at radius 1 is 1.09 bits per heavy atom. The smallest absolute Gasteiger partial charge is 0.334 e. The fraction of sp³-hybridized carbons (Fsp3) is 0.421. The van der Waals surface area contributed by atoms with Crippen LogP contribution in [0.1, 0.15) is 20.8 Å². The van der Waals surface area contributed by atoms with E-state index >= 15 is 0 Å². The molecule has 0 heterocycles. The molecule has 3 heteroatoms. The van der Waals surface area contributed by atoms with Crippen molar-refractivity contribution < 1.29 is 9.53 Å². The molecule has 22 heavy (non-hydrogen) atoms. The van der Waals surface area contributed by atoms with Crippen LogP contribution in [0.3, 0.4) is 0 Å². The van der Waals surface area contributed by atoms with Crippen LogP contribution in [-0.4, -0.2) is 20.7 Å². The highest BCUT2D eigenvalue weighted by Crippen LogP contribution is 2.35. The molecule has 2 atom stereocenters. The van der Waals surface area contributed by atoms with Gasteiger partial charge in [-0.2, -0.15) is 0 Å². The van der Waals surface area contributed by atoms with Gasteiger partial charge in [0.15, 0.2) is 0 Å². The standard InChI is InChI=1S/C19H26O2Si/c1-6-21-19(20)17-14(2)12-13-15(3)18(17)22(4,5)16-10-8-7-9-11-16/h7-15H,6H2,1-5H3. The average molecular weight is 315 g/mol. The predicted molar refractivity (Wildman–Crippen MR) is 94.7 cm³/mol. The Balaban J connectivity index is 2.59. The van der Waals surface area contributed by atoms with Crippen molar-refractivity contribution in [3.63, 3.8) is 0 Å². The largest absolute Gasteiger partial charge is 0.463 e. The number of esters is 1. The summed E-state index contributed by atoms with van der Waals surface area (Å²) in [6, 6.07) is 10.6. The number of hydrogen-bond acceptors (Lipinski definition) is 2. The monoisotopic (exact) mass is 314 g/mol. The lowest BCUT2D eigenvalue weighted by atomic mass is 9.90. The van der Waals surface area contributed by atoms with E-state index in [1.165, 1.54) is 10.4 Å². The molecule has 0 N–H and O–H groups in total. The van der Waals surface area contributed by atoms with Crippen LogP contribution in [0.2, 0.25) is 13.1 Å². The molecule has 0 radical (unpaired) electrons. The molecule has 2 rings (SSSR count). The highest BCUT2D eigenvalue weighted by molar-refractivity contribution is 6.96. The Labute approximate surface area is 134 Å². The molecule has 2 nitrogen and oxygen atoms in total. The van der Waals surface area contributed by atoms with Crippen LogP contribution in [-0.2, 0) is 9.53 Å². The maximum absolute atomic E-state index is 12.6. The van der Waals surface area contributed by atoms with Crippen molar-refractivity contribution in [2.45, 2.75) is 33.9 Å². The Morgan fingerprint density at radius 3 is 2.27 bits per heavy atom. The highest BCUT2D eigenvalue weighted by Gasteiger charge is 2.38. The summed E-state index contributed by atoms with van der Waals surface area (Å²) in [5.41, 5.74) is 0.886. The lowest BCUT2D eigenvalue weighted by molar-refractivity contribution is -0.139. The zero-order chi connectivity index (χ0) is 16.3. The highest BCUT2D eigenvalue weighted by atomic mass is 28.3. The first-order chi connectivity index (χ1) is 10.4. The molecule has 0 spiro atoms. The van der Waals surface area contributed by atoms with Gasteiger partial charge in [0, 0.05) is 11.5 Å². The van der Waals surface area contributed by atoms with Crippen molar-refractivity contribution in [3.8, 4) is 0 Å². The van der Waals surface area contributed by atoms with Gasteiger partial charge in [-0.15, -0.1) is 0 Å². The van der Waals surface area contributed by atoms with Gasteiger partial charge in [0.25, 0.3) is 0 Å². The van der Waals surface area contributed by atoms with Crippen LogP contribution in [0, 0.1) is 11.8 Å². The quantitative estimate of drug-likeness (QED) is 0.479. The molecule has 0 aromatic heterocycles. The number of benzene rings is 1. The van der Waals surface area contributed by atoms with Crippen LogP contribution in [0.25, 0.3) is 0 Å². The maximum Gasteiger partial charge on any atom is 0.334 e. The number of hydrogen-bond donors (Lipinski definition) is 0. The van der Waals surface area contributed by atoms with Crippen molar-refractivity contribution in [3.05, 3.63) is 53.3 Å². The van der Waals surface area contributed by atoms with Crippen molar-refractivity contribution >= 4 is 19.2 Å². The Hall–Kier alpha value is -1.61. The maximum atomic E-state index is 12.6. The predicted octanol–water partition coefficient (Wildman–Crippen LogP) is 3.84. The molecule has 0 aliphatic heterocycles. The number of rotatable bonds is 4. The molecule has 0 bridgehead atoms. The Morgan fingerprint density at radius 2 is 1.68 bits per heavy atom. The fourth-order valence-electron chi connectivity index (χ4n) is 3.44. The molecule has 0 saturated carbocycles. The van der Waals surface area contributed by atoms with Crippen LogP contribution >= 0.6 is 0 Å². The summed E-state index contributed by atoms with van der Waals surface area (Å²) in [7, 11) is -1.91. The zero-order valence-corrected chi connectivity index (χ0v) is 15.2. The van der Waals surface area contributed by atoms with Crippen molar-refractivity contribution in [2.75, 3.05) is 6.61 Å². The molecule has 0 amide bonds. The molecule has 2 unspecified atom stereocenters. The number of carbonyl (C=O) groups is 1. The summed E-state index contributed by atoms with van der Waals surface area (Å²) in [6.07, 6.45) is 4.37. The van der Waals surface area contributed by atoms with Crippen LogP contribution in [0.15, 0.2) is 53.3 Å². The van der Waals surface area contributed by atoms with Gasteiger partial charge < -0.3 is 4.74 Å². The Bertz CT molecular complexity index is 599. The molecule has 0 fully saturated rings. The first-order valence-corrected chi connectivity index (χ1v) is 11.0. The second kappa shape index (κ2) is 6.65. The minimum Gasteiger partial charge on any atom is -0.463 e. The van der Waals surface area contributed by atoms with E-state index in [9.17, 15) is 4.79 Å². The van der Waals surface area contributed by atoms with Crippen LogP contribution < -0.4 is 5.19 Å². The van der Waals surface area contributed by atoms with Gasteiger partial charge in [-0.3, -0.25) is 0 Å². The van der Waals surface area contributed by atoms with Crippen LogP contribution in [0.4, 0.5) is 0 Å². The SMILES string of the molecule is CCOC(=O)C1=C([Si](C)(C)c2ccccc2)C(C)C=CC1C. The third kappa shape index (κ3) is 3.09. The first kappa shape index (κ1) is 16.8. The van der Waals surface area contributed by atoms with E-state index in [1.807, 2.05) is 13.0 Å². The normalized spacial score (nSPS) is 21.9. The van der Waals surface area contributed by atoms with Gasteiger partial charge in [0.1, 0.15) is 8.07 Å². The van der Waals surface area contributed by atoms with Gasteiger partial charge in [0.2, 0.25) is 0 Å². The van der Waals surface area contributed by atoms with E-state index in [2.05, 4.69) is 63.4 Å². The van der Waals surface area contributed by atoms with Crippen molar-refractivity contribution in [1.82, 2.24) is 0 Å². The van der Waals surface area contributed by atoms with Crippen LogP contribution in [0.5, 0.6) is 0 Å². The summed E-state index contributed by atoms with van der Waals surface area (Å²) in [4.78, 5) is 12.6. The second-order valence-corrected chi connectivity index (χ2v) is 10.9. The topological polar surface area (TPSA) is 26.3 Å². The third-order valence-corrected chi connectivity index (χ3v) is 8.40. The number of allylic oxidation sites excluding steroid dienone is 3. The van der Waals surface area contributed by atoms with E-state index in [0.29, 0.717) is 6.61 Å². The van der Waals surface area contributed by atoms with Gasteiger partial charge in [0.05, 0.1) is 6.61 Å². The molecule has 1 aliphatic carbocycles. The third-order valence-electron chi connectivity index (χ3n) is 4.55. The van der Waals surface area contributed by atoms with E-state index in [0.717, 1.165) is 5.57 Å². The number of carbonyl (C=O) groups excluding carboxylic acids is 1. The zero-order valence-electron chi connectivity index (χ0n) is 14.2. The Kier molecular flexibility index (Phi) is 5.07. The molecule has 1 aromatic carbocycles. The average Bonchev–Trinajstić information content (AvgIpc) is 2.50. The van der Waals surface area contributed by atoms with E-state index < -0.39 is 8.07 Å². The minimum atomic E-state index is -1.91. The van der Waals surface area contributed by atoms with E-state index in [1.54, 1.807) is 0 Å². The fourth-order valence-corrected chi connectivity index (χ4v) is 7.01. The summed E-state index contributed by atoms with van der Waals surface area (Å²) in [5.74, 6) is 0.274. The van der Waals surface area contributed by atoms with Gasteiger partial charge in [-0.25, -0.2) is 4.79 Å². The first-order valence-electron chi connectivity index (χ1n) is 8.05. The molecule has 118 valence electrons. The van der Waals surface area contributed by atoms with E-state index in [4.69, 9.17) is 4.74 Å². The number of ether oxygens (including phenoxy) is 1. The van der Waals surface area contributed by atoms with Crippen molar-refractivity contribution in [1.29, 1.82) is 0 Å². The summed E-state index contributed by atoms with van der Waals surface area (Å²) in [5, 5.41) is 2.67. The summed E-state index contributed by atoms with van der Waals surface area (Å²) >= 11 is 0. The summed E-state index contributed by atoms with van der Waals surface area (Å²) < 4.78 is 5.35. The second-order valence-electron chi connectivity index (χ2n) is 6.50. The molecular formula is C19H26O2Si. The van der Waals surface area contributed by atoms with Gasteiger partial charge in [-0.05, 0) is 12.8 Å². The lowest BCUT2D eigenvalue weighted by Crippen LogP contribution is -2.48. The van der Waals surface area contributed by atoms with Gasteiger partial charge in [-0.1, -0.05) is 79.8 Å². The lowest BCUT2D eigenvalue weighted by Gasteiger charge is -2.35. The molecule has 1 aromatic rings. The molecule has 1 aliphatic rings. The molecule has 0 saturated heterocycles. The van der Waals surface area contributed by atoms with E-state index in [-0.39, 0.29) is 17.8 Å². The van der Waals surface area contributed by atoms with Gasteiger partial charge >= 0.3 is 5.97 Å². The van der Waals surface area contributed by atoms with Crippen molar-refractivity contribution in [2.24, 2.45) is 11.8 Å². The molecular weight excluding hydrogens is 288 g/mol. The minimum absolute atomic E-state index is 0.126.